The van der Waals surface area contributed by atoms with Crippen LogP contribution in [0.15, 0.2) is 24.3 Å². The Kier molecular flexibility index (Phi) is 9.30. The standard InChI is InChI=1S/C19H24N2O8/c1-4-28-14(22)10-13(19(26)29-5-2)15(16(20)23)21-17(24)11-7-6-8-12(9-11)18(25)27-3/h6-9,13,15H,4-5,10H2,1-3H3,(H2,20,23)(H,21,24)/t13-,15-/m0/s1. The quantitative estimate of drug-likeness (QED) is 0.411. The summed E-state index contributed by atoms with van der Waals surface area (Å²) in [5, 5.41) is 2.33. The first-order valence-electron chi connectivity index (χ1n) is 8.85. The van der Waals surface area contributed by atoms with E-state index in [1.165, 1.54) is 31.4 Å². The zero-order valence-corrected chi connectivity index (χ0v) is 16.4. The van der Waals surface area contributed by atoms with Crippen LogP contribution >= 0.6 is 0 Å². The van der Waals surface area contributed by atoms with Crippen molar-refractivity contribution in [3.05, 3.63) is 35.4 Å². The Labute approximate surface area is 167 Å². The molecular formula is C19H24N2O8. The SMILES string of the molecule is CCOC(=O)C[C@H](C(=O)OCC)[C@H](NC(=O)c1cccc(C(=O)OC)c1)C(N)=O. The number of rotatable bonds is 10. The van der Waals surface area contributed by atoms with Gasteiger partial charge in [0.2, 0.25) is 5.91 Å². The maximum Gasteiger partial charge on any atom is 0.337 e. The fourth-order valence-corrected chi connectivity index (χ4v) is 2.49. The van der Waals surface area contributed by atoms with Gasteiger partial charge in [-0.1, -0.05) is 6.07 Å². The molecule has 2 atom stereocenters. The number of nitrogens with one attached hydrogen (secondary N) is 1. The minimum absolute atomic E-state index is 0.00123. The van der Waals surface area contributed by atoms with Crippen molar-refractivity contribution < 1.29 is 38.2 Å². The van der Waals surface area contributed by atoms with Crippen LogP contribution in [0, 0.1) is 5.92 Å². The Morgan fingerprint density at radius 3 is 2.21 bits per heavy atom. The van der Waals surface area contributed by atoms with Crippen molar-refractivity contribution in [2.75, 3.05) is 20.3 Å². The zero-order chi connectivity index (χ0) is 22.0. The van der Waals surface area contributed by atoms with Crippen LogP contribution in [0.25, 0.3) is 0 Å². The second kappa shape index (κ2) is 11.4. The molecule has 10 heteroatoms. The molecule has 0 saturated heterocycles. The largest absolute Gasteiger partial charge is 0.466 e. The molecule has 0 saturated carbocycles. The molecule has 1 rings (SSSR count). The lowest BCUT2D eigenvalue weighted by atomic mass is 9.95. The van der Waals surface area contributed by atoms with Gasteiger partial charge >= 0.3 is 17.9 Å². The Bertz CT molecular complexity index is 777. The maximum atomic E-state index is 12.6. The van der Waals surface area contributed by atoms with Gasteiger partial charge in [0, 0.05) is 5.56 Å². The van der Waals surface area contributed by atoms with Gasteiger partial charge in [-0.25, -0.2) is 4.79 Å². The van der Waals surface area contributed by atoms with Gasteiger partial charge in [0.15, 0.2) is 0 Å². The highest BCUT2D eigenvalue weighted by Crippen LogP contribution is 2.15. The Balaban J connectivity index is 3.13. The second-order valence-electron chi connectivity index (χ2n) is 5.79. The smallest absolute Gasteiger partial charge is 0.337 e. The number of carbonyl (C=O) groups excluding carboxylic acids is 5. The molecule has 2 amide bonds. The predicted molar refractivity (Wildman–Crippen MR) is 99.6 cm³/mol. The second-order valence-corrected chi connectivity index (χ2v) is 5.79. The molecule has 0 fully saturated rings. The van der Waals surface area contributed by atoms with Gasteiger partial charge in [-0.15, -0.1) is 0 Å². The van der Waals surface area contributed by atoms with Gasteiger partial charge in [0.1, 0.15) is 6.04 Å². The summed E-state index contributed by atoms with van der Waals surface area (Å²) in [6.45, 7) is 3.20. The summed E-state index contributed by atoms with van der Waals surface area (Å²) in [6.07, 6.45) is -0.511. The average molecular weight is 408 g/mol. The van der Waals surface area contributed by atoms with Crippen molar-refractivity contribution in [1.29, 1.82) is 0 Å². The fraction of sp³-hybridized carbons (Fsp3) is 0.421. The van der Waals surface area contributed by atoms with E-state index in [1.54, 1.807) is 13.8 Å². The molecule has 10 nitrogen and oxygen atoms in total. The minimum Gasteiger partial charge on any atom is -0.466 e. The summed E-state index contributed by atoms with van der Waals surface area (Å²) in [7, 11) is 1.19. The van der Waals surface area contributed by atoms with Crippen molar-refractivity contribution in [1.82, 2.24) is 5.32 Å². The number of esters is 3. The van der Waals surface area contributed by atoms with Gasteiger partial charge in [-0.2, -0.15) is 0 Å². The minimum atomic E-state index is -1.53. The molecule has 0 spiro atoms. The van der Waals surface area contributed by atoms with Gasteiger partial charge < -0.3 is 25.3 Å². The van der Waals surface area contributed by atoms with Gasteiger partial charge in [0.25, 0.3) is 5.91 Å². The van der Waals surface area contributed by atoms with E-state index < -0.39 is 48.1 Å². The summed E-state index contributed by atoms with van der Waals surface area (Å²) in [5.74, 6) is -5.48. The number of hydrogen-bond acceptors (Lipinski definition) is 8. The molecule has 3 N–H and O–H groups in total. The highest BCUT2D eigenvalue weighted by molar-refractivity contribution is 6.01. The third-order valence-electron chi connectivity index (χ3n) is 3.82. The topological polar surface area (TPSA) is 151 Å². The van der Waals surface area contributed by atoms with Crippen LogP contribution in [-0.4, -0.2) is 56.1 Å². The molecule has 0 aliphatic heterocycles. The first-order chi connectivity index (χ1) is 13.7. The van der Waals surface area contributed by atoms with Crippen LogP contribution in [0.4, 0.5) is 0 Å². The van der Waals surface area contributed by atoms with Gasteiger partial charge in [-0.3, -0.25) is 19.2 Å². The molecule has 0 aromatic heterocycles. The molecule has 158 valence electrons. The van der Waals surface area contributed by atoms with Crippen molar-refractivity contribution >= 4 is 29.7 Å². The monoisotopic (exact) mass is 408 g/mol. The first-order valence-corrected chi connectivity index (χ1v) is 8.85. The average Bonchev–Trinajstić information content (AvgIpc) is 2.70. The number of hydrogen-bond donors (Lipinski definition) is 2. The maximum absolute atomic E-state index is 12.6. The molecule has 1 aromatic rings. The zero-order valence-electron chi connectivity index (χ0n) is 16.4. The number of amides is 2. The van der Waals surface area contributed by atoms with E-state index >= 15 is 0 Å². The third-order valence-corrected chi connectivity index (χ3v) is 3.82. The molecule has 0 aliphatic carbocycles. The summed E-state index contributed by atoms with van der Waals surface area (Å²) in [6, 6.07) is 4.00. The lowest BCUT2D eigenvalue weighted by Gasteiger charge is -2.23. The van der Waals surface area contributed by atoms with Crippen LogP contribution in [0.3, 0.4) is 0 Å². The fourth-order valence-electron chi connectivity index (χ4n) is 2.49. The number of benzene rings is 1. The molecular weight excluding hydrogens is 384 g/mol. The van der Waals surface area contributed by atoms with Crippen LogP contribution in [0.1, 0.15) is 41.0 Å². The number of ether oxygens (including phenoxy) is 3. The van der Waals surface area contributed by atoms with E-state index in [4.69, 9.17) is 15.2 Å². The van der Waals surface area contributed by atoms with Crippen LogP contribution in [0.2, 0.25) is 0 Å². The molecule has 0 aliphatic rings. The van der Waals surface area contributed by atoms with E-state index in [1.807, 2.05) is 0 Å². The van der Waals surface area contributed by atoms with E-state index in [0.29, 0.717) is 0 Å². The lowest BCUT2D eigenvalue weighted by molar-refractivity contribution is -0.156. The van der Waals surface area contributed by atoms with Crippen molar-refractivity contribution in [3.63, 3.8) is 0 Å². The summed E-state index contributed by atoms with van der Waals surface area (Å²) in [5.41, 5.74) is 5.50. The van der Waals surface area contributed by atoms with Gasteiger partial charge in [-0.05, 0) is 32.0 Å². The molecule has 0 heterocycles. The number of methoxy groups -OCH3 is 1. The van der Waals surface area contributed by atoms with E-state index in [-0.39, 0.29) is 24.3 Å². The van der Waals surface area contributed by atoms with E-state index in [2.05, 4.69) is 10.1 Å². The highest BCUT2D eigenvalue weighted by Gasteiger charge is 2.37. The van der Waals surface area contributed by atoms with Crippen molar-refractivity contribution in [3.8, 4) is 0 Å². The number of primary amides is 1. The van der Waals surface area contributed by atoms with Crippen LogP contribution in [-0.2, 0) is 28.6 Å². The van der Waals surface area contributed by atoms with Crippen LogP contribution < -0.4 is 11.1 Å². The van der Waals surface area contributed by atoms with Crippen molar-refractivity contribution in [2.45, 2.75) is 26.3 Å². The summed E-state index contributed by atoms with van der Waals surface area (Å²) >= 11 is 0. The normalized spacial score (nSPS) is 12.2. The molecule has 0 radical (unpaired) electrons. The first kappa shape index (κ1) is 23.6. The molecule has 0 unspecified atom stereocenters. The number of nitrogens with two attached hydrogens (primary N) is 1. The predicted octanol–water partition coefficient (Wildman–Crippen LogP) is 0.189. The lowest BCUT2D eigenvalue weighted by Crippen LogP contribution is -2.52. The van der Waals surface area contributed by atoms with E-state index in [9.17, 15) is 24.0 Å². The number of carbonyl (C=O) groups is 5. The Morgan fingerprint density at radius 2 is 1.66 bits per heavy atom. The van der Waals surface area contributed by atoms with Crippen LogP contribution in [0.5, 0.6) is 0 Å². The van der Waals surface area contributed by atoms with E-state index in [0.717, 1.165) is 0 Å². The summed E-state index contributed by atoms with van der Waals surface area (Å²) < 4.78 is 14.3. The Hall–Kier alpha value is -3.43. The van der Waals surface area contributed by atoms with Gasteiger partial charge in [0.05, 0.1) is 38.2 Å². The molecule has 0 bridgehead atoms. The summed E-state index contributed by atoms with van der Waals surface area (Å²) in [4.78, 5) is 60.3. The third kappa shape index (κ3) is 6.91. The molecule has 29 heavy (non-hydrogen) atoms. The van der Waals surface area contributed by atoms with Crippen molar-refractivity contribution in [2.24, 2.45) is 11.7 Å². The highest BCUT2D eigenvalue weighted by atomic mass is 16.5. The Morgan fingerprint density at radius 1 is 1.03 bits per heavy atom. The molecule has 1 aromatic carbocycles.